The van der Waals surface area contributed by atoms with Crippen molar-refractivity contribution in [2.45, 2.75) is 25.4 Å². The fourth-order valence-corrected chi connectivity index (χ4v) is 1.52. The molecule has 0 radical (unpaired) electrons. The van der Waals surface area contributed by atoms with Gasteiger partial charge in [-0.25, -0.2) is 0 Å². The van der Waals surface area contributed by atoms with Gasteiger partial charge in [0.1, 0.15) is 6.54 Å². The quantitative estimate of drug-likeness (QED) is 0.579. The van der Waals surface area contributed by atoms with Gasteiger partial charge < -0.3 is 19.1 Å². The molecule has 0 aromatic carbocycles. The van der Waals surface area contributed by atoms with Gasteiger partial charge in [0.15, 0.2) is 6.10 Å². The maximum Gasteiger partial charge on any atom is 0.152 e. The molecule has 86 valence electrons. The molecule has 0 saturated carbocycles. The number of rotatable bonds is 6. The summed E-state index contributed by atoms with van der Waals surface area (Å²) in [7, 11) is 6.04. The summed E-state index contributed by atoms with van der Waals surface area (Å²) in [5.74, 6) is -0.122. The standard InChI is InChI=1S/C11H19NO3/c1-12(2,3)8-10(7-11(13)14)15-9-5-4-6-9/h5,10H,4,6-8H2,1-3H3. The number of carboxylic acid groups (broad SMARTS) is 1. The summed E-state index contributed by atoms with van der Waals surface area (Å²) in [5.41, 5.74) is 0. The number of carbonyl (C=O) groups is 1. The summed E-state index contributed by atoms with van der Waals surface area (Å²) in [6.45, 7) is 0.672. The number of carbonyl (C=O) groups excluding carboxylic acids is 1. The molecule has 0 aromatic heterocycles. The van der Waals surface area contributed by atoms with Crippen LogP contribution in [-0.2, 0) is 9.53 Å². The second-order valence-corrected chi connectivity index (χ2v) is 5.00. The van der Waals surface area contributed by atoms with Crippen LogP contribution in [-0.4, -0.2) is 44.2 Å². The summed E-state index contributed by atoms with van der Waals surface area (Å²) < 4.78 is 6.28. The Morgan fingerprint density at radius 3 is 2.53 bits per heavy atom. The van der Waals surface area contributed by atoms with E-state index in [0.717, 1.165) is 18.6 Å². The molecule has 0 amide bonds. The third-order valence-corrected chi connectivity index (χ3v) is 2.23. The topological polar surface area (TPSA) is 49.4 Å². The van der Waals surface area contributed by atoms with Crippen molar-refractivity contribution in [2.24, 2.45) is 0 Å². The number of hydrogen-bond donors (Lipinski definition) is 0. The first kappa shape index (κ1) is 12.0. The van der Waals surface area contributed by atoms with Gasteiger partial charge in [0.25, 0.3) is 0 Å². The van der Waals surface area contributed by atoms with Gasteiger partial charge in [0, 0.05) is 18.8 Å². The van der Waals surface area contributed by atoms with Gasteiger partial charge in [0.2, 0.25) is 0 Å². The highest BCUT2D eigenvalue weighted by Gasteiger charge is 2.22. The molecule has 15 heavy (non-hydrogen) atoms. The van der Waals surface area contributed by atoms with E-state index in [1.807, 2.05) is 27.2 Å². The molecule has 0 aliphatic heterocycles. The van der Waals surface area contributed by atoms with E-state index in [-0.39, 0.29) is 12.5 Å². The van der Waals surface area contributed by atoms with Crippen LogP contribution in [0, 0.1) is 0 Å². The average Bonchev–Trinajstić information content (AvgIpc) is 1.91. The molecule has 0 fully saturated rings. The molecule has 1 aliphatic rings. The van der Waals surface area contributed by atoms with E-state index in [0.29, 0.717) is 11.0 Å². The van der Waals surface area contributed by atoms with Crippen molar-refractivity contribution < 1.29 is 19.1 Å². The Morgan fingerprint density at radius 1 is 1.60 bits per heavy atom. The van der Waals surface area contributed by atoms with Crippen molar-refractivity contribution in [2.75, 3.05) is 27.7 Å². The van der Waals surface area contributed by atoms with Crippen LogP contribution in [0.3, 0.4) is 0 Å². The Kier molecular flexibility index (Phi) is 3.74. The normalized spacial score (nSPS) is 17.7. The zero-order valence-electron chi connectivity index (χ0n) is 9.66. The van der Waals surface area contributed by atoms with E-state index < -0.39 is 5.97 Å². The molecule has 0 heterocycles. The minimum Gasteiger partial charge on any atom is -0.550 e. The van der Waals surface area contributed by atoms with E-state index in [4.69, 9.17) is 4.74 Å². The highest BCUT2D eigenvalue weighted by Crippen LogP contribution is 2.22. The van der Waals surface area contributed by atoms with Crippen molar-refractivity contribution >= 4 is 5.97 Å². The van der Waals surface area contributed by atoms with Gasteiger partial charge >= 0.3 is 0 Å². The SMILES string of the molecule is C[N+](C)(C)CC(CC(=O)[O-])OC1=CCC1. The van der Waals surface area contributed by atoms with Crippen LogP contribution >= 0.6 is 0 Å². The molecule has 1 aliphatic carbocycles. The lowest BCUT2D eigenvalue weighted by Crippen LogP contribution is -2.44. The molecule has 0 N–H and O–H groups in total. The fourth-order valence-electron chi connectivity index (χ4n) is 1.52. The van der Waals surface area contributed by atoms with Gasteiger partial charge in [0.05, 0.1) is 26.9 Å². The molecular formula is C11H19NO3. The lowest BCUT2D eigenvalue weighted by molar-refractivity contribution is -0.873. The summed E-state index contributed by atoms with van der Waals surface area (Å²) in [6, 6.07) is 0. The summed E-state index contributed by atoms with van der Waals surface area (Å²) in [4.78, 5) is 10.6. The van der Waals surface area contributed by atoms with Crippen LogP contribution < -0.4 is 5.11 Å². The lowest BCUT2D eigenvalue weighted by Gasteiger charge is -2.31. The Balaban J connectivity index is 2.48. The van der Waals surface area contributed by atoms with Gasteiger partial charge in [-0.2, -0.15) is 0 Å². The predicted molar refractivity (Wildman–Crippen MR) is 54.7 cm³/mol. The molecule has 1 atom stereocenters. The second kappa shape index (κ2) is 4.66. The molecule has 1 rings (SSSR count). The number of hydrogen-bond acceptors (Lipinski definition) is 3. The first-order chi connectivity index (χ1) is 6.87. The Labute approximate surface area is 90.7 Å². The Morgan fingerprint density at radius 2 is 2.20 bits per heavy atom. The fraction of sp³-hybridized carbons (Fsp3) is 0.727. The van der Waals surface area contributed by atoms with Crippen LogP contribution in [0.4, 0.5) is 0 Å². The molecule has 0 saturated heterocycles. The van der Waals surface area contributed by atoms with E-state index in [9.17, 15) is 9.90 Å². The number of quaternary nitrogens is 1. The smallest absolute Gasteiger partial charge is 0.152 e. The van der Waals surface area contributed by atoms with Crippen LogP contribution in [0.15, 0.2) is 11.8 Å². The Bertz CT molecular complexity index is 265. The van der Waals surface area contributed by atoms with Crippen LogP contribution in [0.1, 0.15) is 19.3 Å². The molecule has 0 spiro atoms. The number of likely N-dealkylation sites (N-methyl/N-ethyl adjacent to an activating group) is 1. The maximum absolute atomic E-state index is 10.6. The van der Waals surface area contributed by atoms with Crippen LogP contribution in [0.5, 0.6) is 0 Å². The van der Waals surface area contributed by atoms with Gasteiger partial charge in [-0.05, 0) is 12.5 Å². The van der Waals surface area contributed by atoms with Crippen molar-refractivity contribution in [3.05, 3.63) is 11.8 Å². The Hall–Kier alpha value is -1.03. The monoisotopic (exact) mass is 213 g/mol. The number of aliphatic carboxylic acids is 1. The zero-order chi connectivity index (χ0) is 11.5. The van der Waals surface area contributed by atoms with E-state index in [2.05, 4.69) is 0 Å². The summed E-state index contributed by atoms with van der Waals surface area (Å²) >= 11 is 0. The number of allylic oxidation sites excluding steroid dienone is 2. The zero-order valence-corrected chi connectivity index (χ0v) is 9.66. The molecule has 0 bridgehead atoms. The van der Waals surface area contributed by atoms with Gasteiger partial charge in [-0.1, -0.05) is 0 Å². The van der Waals surface area contributed by atoms with Crippen molar-refractivity contribution in [1.29, 1.82) is 0 Å². The molecular weight excluding hydrogens is 194 g/mol. The maximum atomic E-state index is 10.6. The van der Waals surface area contributed by atoms with Crippen molar-refractivity contribution in [3.63, 3.8) is 0 Å². The van der Waals surface area contributed by atoms with Gasteiger partial charge in [-0.3, -0.25) is 0 Å². The highest BCUT2D eigenvalue weighted by atomic mass is 16.5. The first-order valence-electron chi connectivity index (χ1n) is 5.23. The van der Waals surface area contributed by atoms with Crippen molar-refractivity contribution in [1.82, 2.24) is 0 Å². The third-order valence-electron chi connectivity index (χ3n) is 2.23. The molecule has 4 heteroatoms. The third kappa shape index (κ3) is 4.83. The molecule has 1 unspecified atom stereocenters. The highest BCUT2D eigenvalue weighted by molar-refractivity contribution is 5.64. The van der Waals surface area contributed by atoms with Crippen LogP contribution in [0.2, 0.25) is 0 Å². The number of ether oxygens (including phenoxy) is 1. The van der Waals surface area contributed by atoms with E-state index in [1.165, 1.54) is 0 Å². The minimum absolute atomic E-state index is 0.0349. The number of nitrogens with zero attached hydrogens (tertiary/aromatic N) is 1. The van der Waals surface area contributed by atoms with Crippen molar-refractivity contribution in [3.8, 4) is 0 Å². The van der Waals surface area contributed by atoms with Gasteiger partial charge in [-0.15, -0.1) is 0 Å². The summed E-state index contributed by atoms with van der Waals surface area (Å²) in [5, 5.41) is 10.6. The summed E-state index contributed by atoms with van der Waals surface area (Å²) in [6.07, 6.45) is 3.66. The average molecular weight is 213 g/mol. The molecule has 0 aromatic rings. The van der Waals surface area contributed by atoms with Crippen LogP contribution in [0.25, 0.3) is 0 Å². The second-order valence-electron chi connectivity index (χ2n) is 5.00. The first-order valence-corrected chi connectivity index (χ1v) is 5.23. The number of carboxylic acids is 1. The van der Waals surface area contributed by atoms with E-state index in [1.54, 1.807) is 0 Å². The minimum atomic E-state index is -1.05. The van der Waals surface area contributed by atoms with E-state index >= 15 is 0 Å². The predicted octanol–water partition coefficient (Wildman–Crippen LogP) is -0.104. The molecule has 4 nitrogen and oxygen atoms in total. The largest absolute Gasteiger partial charge is 0.550 e. The lowest BCUT2D eigenvalue weighted by atomic mass is 10.1.